The molecule has 0 radical (unpaired) electrons. The average Bonchev–Trinajstić information content (AvgIpc) is 3.20. The maximum absolute atomic E-state index is 2.76. The van der Waals surface area contributed by atoms with Crippen LogP contribution in [0.2, 0.25) is 7.25 Å². The van der Waals surface area contributed by atoms with Gasteiger partial charge in [-0.3, -0.25) is 0 Å². The van der Waals surface area contributed by atoms with Gasteiger partial charge in [0.25, 0.3) is 0 Å². The minimum Gasteiger partial charge on any atom is -1.00 e. The molecule has 3 heteroatoms. The van der Waals surface area contributed by atoms with Crippen molar-refractivity contribution >= 4 is 12.2 Å². The molecule has 1 saturated heterocycles. The smallest absolute Gasteiger partial charge is 1.00 e. The number of hydrogen-bond acceptors (Lipinski definition) is 0. The Balaban J connectivity index is 0.00000190. The van der Waals surface area contributed by atoms with E-state index in [0.717, 1.165) is 7.25 Å². The summed E-state index contributed by atoms with van der Waals surface area (Å²) in [7, 11) is 0. The largest absolute Gasteiger partial charge is 1.00 e. The van der Waals surface area contributed by atoms with Gasteiger partial charge in [-0.25, -0.2) is 0 Å². The second-order valence-electron chi connectivity index (χ2n) is 13.0. The van der Waals surface area contributed by atoms with Gasteiger partial charge < -0.3 is 24.8 Å². The Morgan fingerprint density at radius 2 is 0.811 bits per heavy atom. The summed E-state index contributed by atoms with van der Waals surface area (Å²) in [5, 5.41) is 0. The Kier molecular flexibility index (Phi) is 9.28. The SMILES string of the molecule is CC(C)c1ccc(C(C)C)c2c1C=C[CH]2[Zr+2]1([CH]2C=Cc3c(C(C)C)ccc(C(C)C)c32)[CH](C)[CH]1C.[Cl-].[Cl-]. The van der Waals surface area contributed by atoms with E-state index in [2.05, 4.69) is 118 Å². The van der Waals surface area contributed by atoms with E-state index in [0.29, 0.717) is 30.9 Å². The minimum absolute atomic E-state index is 0. The Labute approximate surface area is 244 Å². The molecule has 1 fully saturated rings. The molecule has 3 aliphatic rings. The van der Waals surface area contributed by atoms with Crippen LogP contribution in [0.1, 0.15) is 145 Å². The number of halogens is 2. The fourth-order valence-corrected chi connectivity index (χ4v) is 27.6. The van der Waals surface area contributed by atoms with Crippen molar-refractivity contribution in [3.63, 3.8) is 0 Å². The number of hydrogen-bond donors (Lipinski definition) is 0. The summed E-state index contributed by atoms with van der Waals surface area (Å²) in [5.74, 6) is 2.29. The van der Waals surface area contributed by atoms with Crippen molar-refractivity contribution in [3.8, 4) is 0 Å². The maximum Gasteiger partial charge on any atom is -1.00 e. The van der Waals surface area contributed by atoms with Crippen LogP contribution in [0, 0.1) is 0 Å². The number of benzene rings is 2. The number of fused-ring (bicyclic) bond motifs is 2. The molecule has 4 unspecified atom stereocenters. The van der Waals surface area contributed by atoms with E-state index in [1.54, 1.807) is 44.5 Å². The van der Waals surface area contributed by atoms with Crippen LogP contribution in [-0.2, 0) is 20.3 Å². The Bertz CT molecular complexity index is 1120. The third kappa shape index (κ3) is 4.52. The molecule has 0 spiro atoms. The molecule has 1 heterocycles. The summed E-state index contributed by atoms with van der Waals surface area (Å²) < 4.78 is 3.22. The molecular formula is C34H46Cl2Zr. The van der Waals surface area contributed by atoms with Crippen LogP contribution in [0.15, 0.2) is 36.4 Å². The van der Waals surface area contributed by atoms with Gasteiger partial charge in [0.15, 0.2) is 0 Å². The molecule has 2 aromatic carbocycles. The molecule has 200 valence electrons. The fourth-order valence-electron chi connectivity index (χ4n) is 8.00. The first kappa shape index (κ1) is 30.9. The molecule has 0 nitrogen and oxygen atoms in total. The molecular weight excluding hydrogens is 571 g/mol. The third-order valence-corrected chi connectivity index (χ3v) is 27.0. The molecule has 0 bridgehead atoms. The molecule has 0 N–H and O–H groups in total. The van der Waals surface area contributed by atoms with Crippen molar-refractivity contribution in [1.29, 1.82) is 0 Å². The van der Waals surface area contributed by atoms with Gasteiger partial charge in [-0.2, -0.15) is 0 Å². The van der Waals surface area contributed by atoms with Gasteiger partial charge in [0.05, 0.1) is 0 Å². The Morgan fingerprint density at radius 3 is 1.08 bits per heavy atom. The van der Waals surface area contributed by atoms with Crippen molar-refractivity contribution in [1.82, 2.24) is 0 Å². The third-order valence-electron chi connectivity index (χ3n) is 10.0. The minimum atomic E-state index is -2.76. The van der Waals surface area contributed by atoms with Crippen molar-refractivity contribution < 1.29 is 45.1 Å². The Hall–Kier alpha value is -0.617. The van der Waals surface area contributed by atoms with Crippen molar-refractivity contribution in [3.05, 3.63) is 80.9 Å². The predicted octanol–water partition coefficient (Wildman–Crippen LogP) is 4.81. The van der Waals surface area contributed by atoms with E-state index in [1.165, 1.54) is 0 Å². The van der Waals surface area contributed by atoms with E-state index in [9.17, 15) is 0 Å². The average molecular weight is 617 g/mol. The molecule has 1 aliphatic heterocycles. The zero-order valence-electron chi connectivity index (χ0n) is 24.5. The van der Waals surface area contributed by atoms with Crippen molar-refractivity contribution in [2.45, 2.75) is 107 Å². The first-order valence-electron chi connectivity index (χ1n) is 14.2. The van der Waals surface area contributed by atoms with Gasteiger partial charge >= 0.3 is 221 Å². The second-order valence-corrected chi connectivity index (χ2v) is 25.5. The molecule has 0 saturated carbocycles. The van der Waals surface area contributed by atoms with E-state index < -0.39 is 20.3 Å². The van der Waals surface area contributed by atoms with Crippen molar-refractivity contribution in [2.75, 3.05) is 0 Å². The van der Waals surface area contributed by atoms with Crippen LogP contribution in [0.3, 0.4) is 0 Å². The van der Waals surface area contributed by atoms with E-state index in [-0.39, 0.29) is 24.8 Å². The van der Waals surface area contributed by atoms with Crippen LogP contribution < -0.4 is 24.8 Å². The fraction of sp³-hybridized carbons (Fsp3) is 0.529. The molecule has 37 heavy (non-hydrogen) atoms. The second kappa shape index (κ2) is 11.1. The van der Waals surface area contributed by atoms with Gasteiger partial charge in [-0.15, -0.1) is 0 Å². The molecule has 2 aliphatic carbocycles. The van der Waals surface area contributed by atoms with Crippen LogP contribution >= 0.6 is 0 Å². The van der Waals surface area contributed by atoms with E-state index in [4.69, 9.17) is 0 Å². The molecule has 0 aromatic heterocycles. The zero-order chi connectivity index (χ0) is 25.4. The summed E-state index contributed by atoms with van der Waals surface area (Å²) >= 11 is -2.76. The van der Waals surface area contributed by atoms with Gasteiger partial charge in [0.1, 0.15) is 0 Å². The quantitative estimate of drug-likeness (QED) is 0.437. The number of rotatable bonds is 6. The predicted molar refractivity (Wildman–Crippen MR) is 152 cm³/mol. The van der Waals surface area contributed by atoms with E-state index >= 15 is 0 Å². The van der Waals surface area contributed by atoms with Crippen molar-refractivity contribution in [2.24, 2.45) is 0 Å². The molecule has 2 aromatic rings. The maximum atomic E-state index is 2.70. The summed E-state index contributed by atoms with van der Waals surface area (Å²) in [4.78, 5) is 0. The summed E-state index contributed by atoms with van der Waals surface area (Å²) in [5.41, 5.74) is 13.0. The monoisotopic (exact) mass is 614 g/mol. The molecule has 4 atom stereocenters. The van der Waals surface area contributed by atoms with Gasteiger partial charge in [-0.05, 0) is 0 Å². The van der Waals surface area contributed by atoms with Gasteiger partial charge in [-0.1, -0.05) is 0 Å². The normalized spacial score (nSPS) is 25.4. The van der Waals surface area contributed by atoms with Gasteiger partial charge in [0, 0.05) is 0 Å². The standard InChI is InChI=1S/2C15H19.C4H8.2ClH.Zr/c2*1-10(2)12-8-9-13(11(3)4)15-7-5-6-14(12)15;1-3-4-2;;;/h2*5-11H,1-4H3;3-4H,1-2H3;2*1H;/q;;;;;+2/p-2. The first-order chi connectivity index (χ1) is 16.5. The molecule has 0 amide bonds. The topological polar surface area (TPSA) is 0 Å². The number of allylic oxidation sites excluding steroid dienone is 2. The summed E-state index contributed by atoms with van der Waals surface area (Å²) in [6, 6.07) is 9.85. The van der Waals surface area contributed by atoms with E-state index in [1.807, 2.05) is 0 Å². The Morgan fingerprint density at radius 1 is 0.514 bits per heavy atom. The zero-order valence-corrected chi connectivity index (χ0v) is 28.5. The summed E-state index contributed by atoms with van der Waals surface area (Å²) in [6.07, 6.45) is 10.5. The van der Waals surface area contributed by atoms with Crippen LogP contribution in [-0.4, -0.2) is 0 Å². The van der Waals surface area contributed by atoms with Crippen LogP contribution in [0.4, 0.5) is 0 Å². The first-order valence-corrected chi connectivity index (χ1v) is 19.9. The summed E-state index contributed by atoms with van der Waals surface area (Å²) in [6.45, 7) is 24.3. The molecule has 5 rings (SSSR count). The van der Waals surface area contributed by atoms with Gasteiger partial charge in [0.2, 0.25) is 0 Å². The van der Waals surface area contributed by atoms with Crippen LogP contribution in [0.25, 0.3) is 12.2 Å². The van der Waals surface area contributed by atoms with Crippen LogP contribution in [0.5, 0.6) is 0 Å².